The zero-order valence-corrected chi connectivity index (χ0v) is 10.8. The van der Waals surface area contributed by atoms with Crippen molar-refractivity contribution in [3.05, 3.63) is 29.3 Å². The SMILES string of the molecule is NCC1(Nc2ccc(Cl)cc2)CCCSC1. The van der Waals surface area contributed by atoms with Crippen LogP contribution in [0.4, 0.5) is 5.69 Å². The number of nitrogens with one attached hydrogen (secondary N) is 1. The van der Waals surface area contributed by atoms with E-state index in [4.69, 9.17) is 17.3 Å². The standard InChI is InChI=1S/C12H17ClN2S/c13-10-2-4-11(5-3-10)15-12(8-14)6-1-7-16-9-12/h2-5,15H,1,6-9,14H2. The number of hydrogen-bond donors (Lipinski definition) is 2. The van der Waals surface area contributed by atoms with E-state index in [1.54, 1.807) is 0 Å². The molecule has 1 fully saturated rings. The Bertz CT molecular complexity index is 333. The van der Waals surface area contributed by atoms with Crippen LogP contribution in [0.1, 0.15) is 12.8 Å². The van der Waals surface area contributed by atoms with Gasteiger partial charge in [0, 0.05) is 23.0 Å². The fourth-order valence-corrected chi connectivity index (χ4v) is 3.35. The zero-order chi connectivity index (χ0) is 11.4. The molecule has 1 heterocycles. The topological polar surface area (TPSA) is 38.0 Å². The van der Waals surface area contributed by atoms with E-state index >= 15 is 0 Å². The zero-order valence-electron chi connectivity index (χ0n) is 9.21. The Labute approximate surface area is 106 Å². The molecule has 4 heteroatoms. The molecule has 0 spiro atoms. The lowest BCUT2D eigenvalue weighted by molar-refractivity contribution is 0.476. The second kappa shape index (κ2) is 5.30. The third-order valence-electron chi connectivity index (χ3n) is 2.97. The molecule has 0 bridgehead atoms. The molecule has 2 rings (SSSR count). The number of nitrogens with two attached hydrogens (primary N) is 1. The molecule has 1 aromatic rings. The van der Waals surface area contributed by atoms with Gasteiger partial charge in [-0.2, -0.15) is 11.8 Å². The summed E-state index contributed by atoms with van der Waals surface area (Å²) in [5.74, 6) is 2.34. The summed E-state index contributed by atoms with van der Waals surface area (Å²) in [4.78, 5) is 0. The molecular formula is C12H17ClN2S. The second-order valence-corrected chi connectivity index (χ2v) is 5.81. The average molecular weight is 257 g/mol. The largest absolute Gasteiger partial charge is 0.377 e. The normalized spacial score (nSPS) is 25.4. The van der Waals surface area contributed by atoms with E-state index in [2.05, 4.69) is 5.32 Å². The molecule has 16 heavy (non-hydrogen) atoms. The fraction of sp³-hybridized carbons (Fsp3) is 0.500. The van der Waals surface area contributed by atoms with Gasteiger partial charge in [-0.3, -0.25) is 0 Å². The minimum Gasteiger partial charge on any atom is -0.377 e. The van der Waals surface area contributed by atoms with E-state index in [0.717, 1.165) is 22.9 Å². The molecule has 2 nitrogen and oxygen atoms in total. The van der Waals surface area contributed by atoms with Crippen LogP contribution < -0.4 is 11.1 Å². The third kappa shape index (κ3) is 2.84. The summed E-state index contributed by atoms with van der Waals surface area (Å²) in [6.45, 7) is 0.683. The van der Waals surface area contributed by atoms with E-state index in [1.165, 1.54) is 12.2 Å². The molecule has 0 aliphatic carbocycles. The Morgan fingerprint density at radius 3 is 2.69 bits per heavy atom. The quantitative estimate of drug-likeness (QED) is 0.873. The third-order valence-corrected chi connectivity index (χ3v) is 4.55. The monoisotopic (exact) mass is 256 g/mol. The van der Waals surface area contributed by atoms with Crippen LogP contribution in [0, 0.1) is 0 Å². The lowest BCUT2D eigenvalue weighted by Gasteiger charge is -2.37. The maximum absolute atomic E-state index is 5.91. The smallest absolute Gasteiger partial charge is 0.0586 e. The Hall–Kier alpha value is -0.380. The van der Waals surface area contributed by atoms with Crippen LogP contribution >= 0.6 is 23.4 Å². The van der Waals surface area contributed by atoms with E-state index in [0.29, 0.717) is 6.54 Å². The van der Waals surface area contributed by atoms with Crippen LogP contribution in [0.2, 0.25) is 5.02 Å². The van der Waals surface area contributed by atoms with Gasteiger partial charge >= 0.3 is 0 Å². The summed E-state index contributed by atoms with van der Waals surface area (Å²) >= 11 is 7.85. The van der Waals surface area contributed by atoms with Gasteiger partial charge in [0.2, 0.25) is 0 Å². The molecule has 1 unspecified atom stereocenters. The highest BCUT2D eigenvalue weighted by Gasteiger charge is 2.30. The Morgan fingerprint density at radius 1 is 1.38 bits per heavy atom. The summed E-state index contributed by atoms with van der Waals surface area (Å²) in [6, 6.07) is 7.84. The van der Waals surface area contributed by atoms with E-state index in [-0.39, 0.29) is 5.54 Å². The molecule has 1 aromatic carbocycles. The van der Waals surface area contributed by atoms with E-state index in [1.807, 2.05) is 36.0 Å². The number of halogens is 1. The first-order valence-electron chi connectivity index (χ1n) is 5.56. The molecular weight excluding hydrogens is 240 g/mol. The lowest BCUT2D eigenvalue weighted by Crippen LogP contribution is -2.49. The Kier molecular flexibility index (Phi) is 4.00. The van der Waals surface area contributed by atoms with Crippen molar-refractivity contribution in [2.75, 3.05) is 23.4 Å². The predicted molar refractivity (Wildman–Crippen MR) is 73.4 cm³/mol. The van der Waals surface area contributed by atoms with Crippen molar-refractivity contribution in [1.29, 1.82) is 0 Å². The first kappa shape index (κ1) is 12.1. The summed E-state index contributed by atoms with van der Waals surface area (Å²) in [5.41, 5.74) is 7.09. The van der Waals surface area contributed by atoms with Gasteiger partial charge < -0.3 is 11.1 Å². The van der Waals surface area contributed by atoms with Crippen LogP contribution in [0.5, 0.6) is 0 Å². The molecule has 0 saturated carbocycles. The van der Waals surface area contributed by atoms with E-state index < -0.39 is 0 Å². The Morgan fingerprint density at radius 2 is 2.12 bits per heavy atom. The molecule has 0 amide bonds. The molecule has 1 saturated heterocycles. The van der Waals surface area contributed by atoms with Gasteiger partial charge in [0.15, 0.2) is 0 Å². The van der Waals surface area contributed by atoms with Gasteiger partial charge in [0.1, 0.15) is 0 Å². The van der Waals surface area contributed by atoms with Gasteiger partial charge in [-0.15, -0.1) is 0 Å². The highest BCUT2D eigenvalue weighted by molar-refractivity contribution is 7.99. The average Bonchev–Trinajstić information content (AvgIpc) is 2.33. The minimum absolute atomic E-state index is 0.0662. The predicted octanol–water partition coefficient (Wildman–Crippen LogP) is 2.98. The first-order chi connectivity index (χ1) is 7.74. The first-order valence-corrected chi connectivity index (χ1v) is 7.09. The summed E-state index contributed by atoms with van der Waals surface area (Å²) < 4.78 is 0. The van der Waals surface area contributed by atoms with Gasteiger partial charge in [0.25, 0.3) is 0 Å². The molecule has 0 radical (unpaired) electrons. The van der Waals surface area contributed by atoms with Crippen LogP contribution in [0.25, 0.3) is 0 Å². The second-order valence-electron chi connectivity index (χ2n) is 4.27. The summed E-state index contributed by atoms with van der Waals surface area (Å²) in [6.07, 6.45) is 2.39. The van der Waals surface area contributed by atoms with Crippen molar-refractivity contribution >= 4 is 29.1 Å². The van der Waals surface area contributed by atoms with Gasteiger partial charge in [-0.1, -0.05) is 11.6 Å². The molecule has 88 valence electrons. The molecule has 1 aliphatic heterocycles. The van der Waals surface area contributed by atoms with Crippen LogP contribution in [0.15, 0.2) is 24.3 Å². The maximum atomic E-state index is 5.91. The summed E-state index contributed by atoms with van der Waals surface area (Å²) in [5, 5.41) is 4.34. The molecule has 3 N–H and O–H groups in total. The van der Waals surface area contributed by atoms with Crippen molar-refractivity contribution in [3.8, 4) is 0 Å². The van der Waals surface area contributed by atoms with Crippen molar-refractivity contribution < 1.29 is 0 Å². The molecule has 0 aromatic heterocycles. The molecule has 1 aliphatic rings. The maximum Gasteiger partial charge on any atom is 0.0586 e. The number of thioether (sulfide) groups is 1. The number of rotatable bonds is 3. The lowest BCUT2D eigenvalue weighted by atomic mass is 9.95. The number of hydrogen-bond acceptors (Lipinski definition) is 3. The van der Waals surface area contributed by atoms with Crippen LogP contribution in [0.3, 0.4) is 0 Å². The van der Waals surface area contributed by atoms with Crippen molar-refractivity contribution in [1.82, 2.24) is 0 Å². The fourth-order valence-electron chi connectivity index (χ4n) is 2.00. The minimum atomic E-state index is 0.0662. The summed E-state index contributed by atoms with van der Waals surface area (Å²) in [7, 11) is 0. The van der Waals surface area contributed by atoms with Crippen molar-refractivity contribution in [2.45, 2.75) is 18.4 Å². The molecule has 1 atom stereocenters. The van der Waals surface area contributed by atoms with Crippen molar-refractivity contribution in [3.63, 3.8) is 0 Å². The number of benzene rings is 1. The van der Waals surface area contributed by atoms with Crippen molar-refractivity contribution in [2.24, 2.45) is 5.73 Å². The van der Waals surface area contributed by atoms with Crippen LogP contribution in [-0.2, 0) is 0 Å². The van der Waals surface area contributed by atoms with E-state index in [9.17, 15) is 0 Å². The van der Waals surface area contributed by atoms with Crippen LogP contribution in [-0.4, -0.2) is 23.6 Å². The van der Waals surface area contributed by atoms with Gasteiger partial charge in [0.05, 0.1) is 5.54 Å². The highest BCUT2D eigenvalue weighted by Crippen LogP contribution is 2.29. The highest BCUT2D eigenvalue weighted by atomic mass is 35.5. The van der Waals surface area contributed by atoms with Gasteiger partial charge in [-0.25, -0.2) is 0 Å². The van der Waals surface area contributed by atoms with Gasteiger partial charge in [-0.05, 0) is 42.9 Å². The number of anilines is 1. The Balaban J connectivity index is 2.08.